The van der Waals surface area contributed by atoms with Crippen LogP contribution in [0.3, 0.4) is 0 Å². The lowest BCUT2D eigenvalue weighted by atomic mass is 10.1. The van der Waals surface area contributed by atoms with Gasteiger partial charge in [-0.15, -0.1) is 0 Å². The van der Waals surface area contributed by atoms with Gasteiger partial charge in [0.2, 0.25) is 6.29 Å². The Morgan fingerprint density at radius 1 is 1.60 bits per heavy atom. The molecule has 0 radical (unpaired) electrons. The Morgan fingerprint density at radius 3 is 2.50 bits per heavy atom. The van der Waals surface area contributed by atoms with E-state index in [4.69, 9.17) is 9.47 Å². The summed E-state index contributed by atoms with van der Waals surface area (Å²) in [5, 5.41) is 0. The van der Waals surface area contributed by atoms with Gasteiger partial charge in [-0.1, -0.05) is 13.8 Å². The van der Waals surface area contributed by atoms with E-state index < -0.39 is 0 Å². The summed E-state index contributed by atoms with van der Waals surface area (Å²) in [7, 11) is 0. The fourth-order valence-electron chi connectivity index (χ4n) is 0.839. The SMILES string of the molecule is CC(=O)OC1OC1C(C)C. The minimum absolute atomic E-state index is 0.129. The molecule has 0 amide bonds. The fraction of sp³-hybridized carbons (Fsp3) is 0.857. The lowest BCUT2D eigenvalue weighted by Crippen LogP contribution is -2.08. The summed E-state index contributed by atoms with van der Waals surface area (Å²) in [5.74, 6) is 0.164. The van der Waals surface area contributed by atoms with Gasteiger partial charge in [0.15, 0.2) is 0 Å². The number of carbonyl (C=O) groups is 1. The van der Waals surface area contributed by atoms with Gasteiger partial charge in [-0.3, -0.25) is 4.79 Å². The van der Waals surface area contributed by atoms with Crippen molar-refractivity contribution in [1.29, 1.82) is 0 Å². The van der Waals surface area contributed by atoms with E-state index in [0.29, 0.717) is 5.92 Å². The summed E-state index contributed by atoms with van der Waals surface area (Å²) in [6.07, 6.45) is -0.138. The largest absolute Gasteiger partial charge is 0.433 e. The smallest absolute Gasteiger partial charge is 0.305 e. The highest BCUT2D eigenvalue weighted by atomic mass is 16.8. The molecule has 58 valence electrons. The Labute approximate surface area is 60.3 Å². The third-order valence-corrected chi connectivity index (χ3v) is 1.42. The summed E-state index contributed by atoms with van der Waals surface area (Å²) < 4.78 is 9.82. The second kappa shape index (κ2) is 2.58. The molecule has 1 aliphatic rings. The monoisotopic (exact) mass is 144 g/mol. The van der Waals surface area contributed by atoms with Crippen LogP contribution in [-0.2, 0) is 14.3 Å². The number of carbonyl (C=O) groups excluding carboxylic acids is 1. The van der Waals surface area contributed by atoms with Crippen molar-refractivity contribution in [3.05, 3.63) is 0 Å². The molecule has 1 aliphatic heterocycles. The molecule has 0 N–H and O–H groups in total. The van der Waals surface area contributed by atoms with E-state index in [-0.39, 0.29) is 18.4 Å². The van der Waals surface area contributed by atoms with Crippen LogP contribution in [0.25, 0.3) is 0 Å². The molecule has 3 heteroatoms. The standard InChI is InChI=1S/C7H12O3/c1-4(2)6-7(10-6)9-5(3)8/h4,6-7H,1-3H3. The maximum atomic E-state index is 10.4. The summed E-state index contributed by atoms with van der Waals surface area (Å²) in [6, 6.07) is 0. The number of ether oxygens (including phenoxy) is 2. The van der Waals surface area contributed by atoms with E-state index in [1.54, 1.807) is 0 Å². The van der Waals surface area contributed by atoms with Gasteiger partial charge >= 0.3 is 5.97 Å². The number of hydrogen-bond acceptors (Lipinski definition) is 3. The zero-order valence-corrected chi connectivity index (χ0v) is 6.46. The summed E-state index contributed by atoms with van der Waals surface area (Å²) in [5.41, 5.74) is 0. The molecular weight excluding hydrogens is 132 g/mol. The Hall–Kier alpha value is -0.570. The molecule has 1 saturated heterocycles. The van der Waals surface area contributed by atoms with E-state index in [1.807, 2.05) is 13.8 Å². The van der Waals surface area contributed by atoms with E-state index >= 15 is 0 Å². The van der Waals surface area contributed by atoms with Gasteiger partial charge in [0.1, 0.15) is 6.10 Å². The second-order valence-electron chi connectivity index (χ2n) is 2.82. The Kier molecular flexibility index (Phi) is 1.94. The molecule has 0 spiro atoms. The molecule has 1 rings (SSSR count). The first-order chi connectivity index (χ1) is 4.61. The van der Waals surface area contributed by atoms with Gasteiger partial charge in [-0.2, -0.15) is 0 Å². The molecule has 0 aliphatic carbocycles. The van der Waals surface area contributed by atoms with Crippen molar-refractivity contribution >= 4 is 5.97 Å². The zero-order chi connectivity index (χ0) is 7.72. The molecule has 2 unspecified atom stereocenters. The third kappa shape index (κ3) is 1.70. The van der Waals surface area contributed by atoms with E-state index in [9.17, 15) is 4.79 Å². The van der Waals surface area contributed by atoms with Crippen LogP contribution in [0, 0.1) is 5.92 Å². The lowest BCUT2D eigenvalue weighted by molar-refractivity contribution is -0.145. The van der Waals surface area contributed by atoms with E-state index in [0.717, 1.165) is 0 Å². The highest BCUT2D eigenvalue weighted by molar-refractivity contribution is 5.66. The normalized spacial score (nSPS) is 30.4. The van der Waals surface area contributed by atoms with E-state index in [2.05, 4.69) is 0 Å². The average molecular weight is 144 g/mol. The molecule has 3 nitrogen and oxygen atoms in total. The van der Waals surface area contributed by atoms with Crippen LogP contribution < -0.4 is 0 Å². The molecule has 1 heterocycles. The molecule has 0 bridgehead atoms. The van der Waals surface area contributed by atoms with Crippen LogP contribution in [0.15, 0.2) is 0 Å². The van der Waals surface area contributed by atoms with Crippen LogP contribution in [0.5, 0.6) is 0 Å². The molecule has 0 aromatic carbocycles. The quantitative estimate of drug-likeness (QED) is 0.427. The van der Waals surface area contributed by atoms with E-state index in [1.165, 1.54) is 6.92 Å². The number of rotatable bonds is 2. The Bertz CT molecular complexity index is 142. The molecule has 0 saturated carbocycles. The predicted octanol–water partition coefficient (Wildman–Crippen LogP) is 0.930. The minimum Gasteiger partial charge on any atom is -0.433 e. The maximum absolute atomic E-state index is 10.4. The van der Waals surface area contributed by atoms with Crippen LogP contribution in [0.2, 0.25) is 0 Å². The number of hydrogen-bond donors (Lipinski definition) is 0. The van der Waals surface area contributed by atoms with Crippen LogP contribution in [0.4, 0.5) is 0 Å². The van der Waals surface area contributed by atoms with Crippen LogP contribution in [-0.4, -0.2) is 18.4 Å². The van der Waals surface area contributed by atoms with Crippen molar-refractivity contribution in [2.24, 2.45) is 5.92 Å². The topological polar surface area (TPSA) is 38.8 Å². The maximum Gasteiger partial charge on any atom is 0.305 e. The number of esters is 1. The van der Waals surface area contributed by atoms with Crippen molar-refractivity contribution < 1.29 is 14.3 Å². The zero-order valence-electron chi connectivity index (χ0n) is 6.46. The van der Waals surface area contributed by atoms with Crippen molar-refractivity contribution in [3.63, 3.8) is 0 Å². The lowest BCUT2D eigenvalue weighted by Gasteiger charge is -1.96. The Morgan fingerprint density at radius 2 is 2.20 bits per heavy atom. The first-order valence-electron chi connectivity index (χ1n) is 3.44. The second-order valence-corrected chi connectivity index (χ2v) is 2.82. The van der Waals surface area contributed by atoms with Gasteiger partial charge in [0.05, 0.1) is 0 Å². The molecule has 0 aromatic rings. The highest BCUT2D eigenvalue weighted by Gasteiger charge is 2.44. The molecular formula is C7H12O3. The minimum atomic E-state index is -0.270. The van der Waals surface area contributed by atoms with Crippen molar-refractivity contribution in [2.75, 3.05) is 0 Å². The summed E-state index contributed by atoms with van der Waals surface area (Å²) >= 11 is 0. The van der Waals surface area contributed by atoms with Gasteiger partial charge in [-0.05, 0) is 5.92 Å². The van der Waals surface area contributed by atoms with Crippen LogP contribution >= 0.6 is 0 Å². The highest BCUT2D eigenvalue weighted by Crippen LogP contribution is 2.29. The Balaban J connectivity index is 2.19. The third-order valence-electron chi connectivity index (χ3n) is 1.42. The van der Waals surface area contributed by atoms with Gasteiger partial charge < -0.3 is 9.47 Å². The first kappa shape index (κ1) is 7.54. The summed E-state index contributed by atoms with van der Waals surface area (Å²) in [6.45, 7) is 5.46. The van der Waals surface area contributed by atoms with Gasteiger partial charge in [0.25, 0.3) is 0 Å². The number of epoxide rings is 1. The van der Waals surface area contributed by atoms with Crippen molar-refractivity contribution in [1.82, 2.24) is 0 Å². The molecule has 1 fully saturated rings. The van der Waals surface area contributed by atoms with Crippen molar-refractivity contribution in [3.8, 4) is 0 Å². The molecule has 0 aromatic heterocycles. The van der Waals surface area contributed by atoms with Gasteiger partial charge in [-0.25, -0.2) is 0 Å². The van der Waals surface area contributed by atoms with Crippen LogP contribution in [0.1, 0.15) is 20.8 Å². The van der Waals surface area contributed by atoms with Crippen molar-refractivity contribution in [2.45, 2.75) is 33.2 Å². The molecule has 10 heavy (non-hydrogen) atoms. The first-order valence-corrected chi connectivity index (χ1v) is 3.44. The average Bonchev–Trinajstić information content (AvgIpc) is 2.43. The molecule has 2 atom stereocenters. The van der Waals surface area contributed by atoms with Gasteiger partial charge in [0, 0.05) is 6.92 Å². The predicted molar refractivity (Wildman–Crippen MR) is 35.3 cm³/mol. The fourth-order valence-corrected chi connectivity index (χ4v) is 0.839. The summed E-state index contributed by atoms with van der Waals surface area (Å²) in [4.78, 5) is 10.4.